The van der Waals surface area contributed by atoms with E-state index in [0.29, 0.717) is 16.5 Å². The molecule has 7 heteroatoms. The first kappa shape index (κ1) is 8.54. The van der Waals surface area contributed by atoms with Gasteiger partial charge < -0.3 is 5.11 Å². The Labute approximate surface area is 65.5 Å². The molecule has 0 aliphatic carbocycles. The number of carboxylic acid groups (broad SMARTS) is 1. The topological polar surface area (TPSA) is 49.8 Å². The summed E-state index contributed by atoms with van der Waals surface area (Å²) in [6, 6.07) is -1.34. The molecule has 0 aromatic carbocycles. The maximum atomic E-state index is 12.0. The van der Waals surface area contributed by atoms with Crippen molar-refractivity contribution in [2.45, 2.75) is 12.5 Å². The molecule has 1 amide bonds. The van der Waals surface area contributed by atoms with Crippen LogP contribution in [0.25, 0.3) is 0 Å². The molecule has 0 aromatic heterocycles. The Balaban J connectivity index is 2.58. The molecule has 1 rings (SSSR count). The number of hydrogen-bond acceptors (Lipinski definition) is 3. The fourth-order valence-corrected chi connectivity index (χ4v) is 1.27. The first-order chi connectivity index (χ1) is 5.13. The maximum Gasteiger partial charge on any atom is 0.419 e. The van der Waals surface area contributed by atoms with Gasteiger partial charge in [0.2, 0.25) is 0 Å². The summed E-state index contributed by atoms with van der Waals surface area (Å²) in [7, 11) is 0. The van der Waals surface area contributed by atoms with Gasteiger partial charge in [-0.15, -0.1) is 0 Å². The van der Waals surface area contributed by atoms with E-state index in [2.05, 4.69) is 4.18 Å². The number of amides is 1. The lowest BCUT2D eigenvalue weighted by atomic mass is 10.3. The van der Waals surface area contributed by atoms with Gasteiger partial charge in [-0.3, -0.25) is 4.18 Å². The van der Waals surface area contributed by atoms with Crippen molar-refractivity contribution >= 4 is 18.3 Å². The summed E-state index contributed by atoms with van der Waals surface area (Å²) in [6.45, 7) is -0.255. The second-order valence-corrected chi connectivity index (χ2v) is 2.65. The van der Waals surface area contributed by atoms with Crippen LogP contribution in [0.2, 0.25) is 0 Å². The van der Waals surface area contributed by atoms with E-state index in [9.17, 15) is 13.6 Å². The highest BCUT2D eigenvalue weighted by atomic mass is 32.2. The number of alkyl halides is 2. The number of nitrogens with zero attached hydrogens (tertiary/aromatic N) is 1. The predicted molar refractivity (Wildman–Crippen MR) is 33.2 cm³/mol. The Morgan fingerprint density at radius 2 is 2.45 bits per heavy atom. The van der Waals surface area contributed by atoms with Crippen LogP contribution < -0.4 is 0 Å². The molecule has 0 saturated carbocycles. The van der Waals surface area contributed by atoms with Crippen molar-refractivity contribution in [2.75, 3.05) is 6.61 Å². The molecule has 1 atom stereocenters. The first-order valence-corrected chi connectivity index (χ1v) is 3.42. The van der Waals surface area contributed by atoms with Gasteiger partial charge in [0.1, 0.15) is 18.3 Å². The lowest BCUT2D eigenvalue weighted by Gasteiger charge is -2.15. The molecule has 1 aliphatic heterocycles. The predicted octanol–water partition coefficient (Wildman–Crippen LogP) is 1.19. The molecule has 1 heterocycles. The minimum Gasteiger partial charge on any atom is -0.464 e. The molecule has 0 bridgehead atoms. The van der Waals surface area contributed by atoms with Gasteiger partial charge in [-0.1, -0.05) is 0 Å². The average Bonchev–Trinajstić information content (AvgIpc) is 2.32. The van der Waals surface area contributed by atoms with Gasteiger partial charge in [-0.25, -0.2) is 17.9 Å². The van der Waals surface area contributed by atoms with Crippen molar-refractivity contribution in [1.29, 1.82) is 0 Å². The summed E-state index contributed by atoms with van der Waals surface area (Å²) in [5, 5.41) is 8.32. The van der Waals surface area contributed by atoms with E-state index in [1.807, 2.05) is 0 Å². The van der Waals surface area contributed by atoms with Gasteiger partial charge in [-0.05, 0) is 0 Å². The highest BCUT2D eigenvalue weighted by Gasteiger charge is 2.37. The number of rotatable bonds is 1. The third-order valence-corrected chi connectivity index (χ3v) is 1.98. The summed E-state index contributed by atoms with van der Waals surface area (Å²) in [5.74, 6) is 0. The second kappa shape index (κ2) is 3.22. The van der Waals surface area contributed by atoms with Crippen LogP contribution in [0.4, 0.5) is 13.6 Å². The van der Waals surface area contributed by atoms with E-state index in [1.165, 1.54) is 0 Å². The third-order valence-electron chi connectivity index (χ3n) is 1.15. The first-order valence-electron chi connectivity index (χ1n) is 2.73. The Morgan fingerprint density at radius 3 is 2.82 bits per heavy atom. The van der Waals surface area contributed by atoms with Crippen molar-refractivity contribution in [3.63, 3.8) is 0 Å². The summed E-state index contributed by atoms with van der Waals surface area (Å²) < 4.78 is 28.9. The molecule has 64 valence electrons. The smallest absolute Gasteiger partial charge is 0.419 e. The SMILES string of the molecule is O=C(O)N1SOC[C@@H]1C(F)F. The van der Waals surface area contributed by atoms with Crippen LogP contribution >= 0.6 is 12.2 Å². The molecule has 1 fully saturated rings. The Morgan fingerprint density at radius 1 is 1.82 bits per heavy atom. The minimum absolute atomic E-state index is 0.255. The van der Waals surface area contributed by atoms with Crippen LogP contribution in [0.1, 0.15) is 0 Å². The Bertz CT molecular complexity index is 167. The quantitative estimate of drug-likeness (QED) is 0.492. The van der Waals surface area contributed by atoms with Crippen molar-refractivity contribution in [1.82, 2.24) is 4.31 Å². The van der Waals surface area contributed by atoms with E-state index in [0.717, 1.165) is 0 Å². The molecule has 4 nitrogen and oxygen atoms in total. The number of carbonyl (C=O) groups is 1. The molecule has 1 N–H and O–H groups in total. The standard InChI is InChI=1S/C4H5F2NO3S/c5-3(6)2-1-10-11-7(2)4(8)9/h2-3H,1H2,(H,8,9)/t2-/m1/s1. The van der Waals surface area contributed by atoms with Crippen LogP contribution in [-0.2, 0) is 4.18 Å². The molecule has 11 heavy (non-hydrogen) atoms. The summed E-state index contributed by atoms with van der Waals surface area (Å²) in [6.07, 6.45) is -4.10. The molecule has 0 radical (unpaired) electrons. The fraction of sp³-hybridized carbons (Fsp3) is 0.750. The van der Waals surface area contributed by atoms with Gasteiger partial charge in [0, 0.05) is 0 Å². The Hall–Kier alpha value is -0.560. The molecule has 0 spiro atoms. The van der Waals surface area contributed by atoms with Crippen LogP contribution in [0.5, 0.6) is 0 Å². The van der Waals surface area contributed by atoms with E-state index in [-0.39, 0.29) is 6.61 Å². The molecular formula is C4H5F2NO3S. The lowest BCUT2D eigenvalue weighted by Crippen LogP contribution is -2.36. The van der Waals surface area contributed by atoms with E-state index >= 15 is 0 Å². The van der Waals surface area contributed by atoms with Crippen LogP contribution in [0, 0.1) is 0 Å². The van der Waals surface area contributed by atoms with Gasteiger partial charge in [0.15, 0.2) is 0 Å². The van der Waals surface area contributed by atoms with E-state index in [1.54, 1.807) is 0 Å². The molecule has 0 aromatic rings. The van der Waals surface area contributed by atoms with Crippen molar-refractivity contribution < 1.29 is 22.9 Å². The monoisotopic (exact) mass is 185 g/mol. The van der Waals surface area contributed by atoms with Gasteiger partial charge in [0.25, 0.3) is 6.43 Å². The molecule has 1 aliphatic rings. The fourth-order valence-electron chi connectivity index (χ4n) is 0.629. The molecular weight excluding hydrogens is 180 g/mol. The summed E-state index contributed by atoms with van der Waals surface area (Å²) in [5.41, 5.74) is 0. The normalized spacial score (nSPS) is 24.6. The van der Waals surface area contributed by atoms with Crippen LogP contribution in [-0.4, -0.2) is 34.6 Å². The lowest BCUT2D eigenvalue weighted by molar-refractivity contribution is 0.0614. The number of halogens is 2. The van der Waals surface area contributed by atoms with Crippen LogP contribution in [0.15, 0.2) is 0 Å². The zero-order chi connectivity index (χ0) is 8.43. The molecule has 1 saturated heterocycles. The highest BCUT2D eigenvalue weighted by Crippen LogP contribution is 2.28. The van der Waals surface area contributed by atoms with Crippen molar-refractivity contribution in [3.8, 4) is 0 Å². The van der Waals surface area contributed by atoms with Gasteiger partial charge in [0.05, 0.1) is 6.61 Å². The number of hydrogen-bond donors (Lipinski definition) is 1. The average molecular weight is 185 g/mol. The second-order valence-electron chi connectivity index (χ2n) is 1.87. The summed E-state index contributed by atoms with van der Waals surface area (Å²) in [4.78, 5) is 10.2. The largest absolute Gasteiger partial charge is 0.464 e. The van der Waals surface area contributed by atoms with E-state index < -0.39 is 18.6 Å². The zero-order valence-electron chi connectivity index (χ0n) is 5.24. The Kier molecular flexibility index (Phi) is 2.50. The zero-order valence-corrected chi connectivity index (χ0v) is 6.05. The minimum atomic E-state index is -2.69. The van der Waals surface area contributed by atoms with Crippen LogP contribution in [0.3, 0.4) is 0 Å². The maximum absolute atomic E-state index is 12.0. The van der Waals surface area contributed by atoms with Gasteiger partial charge >= 0.3 is 6.09 Å². The van der Waals surface area contributed by atoms with Gasteiger partial charge in [-0.2, -0.15) is 0 Å². The third kappa shape index (κ3) is 1.72. The van der Waals surface area contributed by atoms with Crippen molar-refractivity contribution in [3.05, 3.63) is 0 Å². The molecule has 0 unspecified atom stereocenters. The van der Waals surface area contributed by atoms with Crippen molar-refractivity contribution in [2.24, 2.45) is 0 Å². The summed E-state index contributed by atoms with van der Waals surface area (Å²) >= 11 is 0.441. The van der Waals surface area contributed by atoms with E-state index in [4.69, 9.17) is 5.11 Å². The highest BCUT2D eigenvalue weighted by molar-refractivity contribution is 7.93.